The van der Waals surface area contributed by atoms with E-state index >= 15 is 0 Å². The van der Waals surface area contributed by atoms with Gasteiger partial charge in [0.25, 0.3) is 5.91 Å². The molecule has 0 spiro atoms. The lowest BCUT2D eigenvalue weighted by Crippen LogP contribution is -2.14. The molecule has 144 valence electrons. The van der Waals surface area contributed by atoms with Gasteiger partial charge in [-0.25, -0.2) is 0 Å². The Bertz CT molecular complexity index is 862. The number of aryl methyl sites for hydroxylation is 1. The Morgan fingerprint density at radius 3 is 2.44 bits per heavy atom. The van der Waals surface area contributed by atoms with Crippen molar-refractivity contribution < 1.29 is 19.1 Å². The smallest absolute Gasteiger partial charge is 0.255 e. The molecule has 0 saturated heterocycles. The number of rotatable bonds is 7. The van der Waals surface area contributed by atoms with Crippen molar-refractivity contribution in [1.29, 1.82) is 0 Å². The molecule has 27 heavy (non-hydrogen) atoms. The average molecular weight is 390 g/mol. The summed E-state index contributed by atoms with van der Waals surface area (Å²) in [5, 5.41) is 3.12. The molecule has 1 amide bonds. The maximum Gasteiger partial charge on any atom is 0.255 e. The lowest BCUT2D eigenvalue weighted by Gasteiger charge is -2.17. The number of Topliss-reactive ketones (excluding diaryl/α,β-unsaturated/α-hetero) is 1. The van der Waals surface area contributed by atoms with Crippen LogP contribution in [-0.4, -0.2) is 24.4 Å². The van der Waals surface area contributed by atoms with Gasteiger partial charge in [0, 0.05) is 16.8 Å². The monoisotopic (exact) mass is 389 g/mol. The lowest BCUT2D eigenvalue weighted by molar-refractivity contribution is 0.101. The number of ketones is 1. The van der Waals surface area contributed by atoms with Crippen molar-refractivity contribution in [3.05, 3.63) is 52.0 Å². The highest BCUT2D eigenvalue weighted by molar-refractivity contribution is 6.32. The fourth-order valence-corrected chi connectivity index (χ4v) is 2.91. The minimum Gasteiger partial charge on any atom is -0.490 e. The third-order valence-electron chi connectivity index (χ3n) is 3.79. The Morgan fingerprint density at radius 1 is 1.19 bits per heavy atom. The zero-order valence-corrected chi connectivity index (χ0v) is 16.9. The van der Waals surface area contributed by atoms with Crippen molar-refractivity contribution in [2.75, 3.05) is 11.9 Å². The van der Waals surface area contributed by atoms with Crippen LogP contribution < -0.4 is 14.8 Å². The fourth-order valence-electron chi connectivity index (χ4n) is 2.65. The second-order valence-electron chi connectivity index (χ2n) is 6.42. The van der Waals surface area contributed by atoms with Gasteiger partial charge in [0.1, 0.15) is 0 Å². The number of hydrogen-bond acceptors (Lipinski definition) is 4. The van der Waals surface area contributed by atoms with Gasteiger partial charge < -0.3 is 14.8 Å². The molecular weight excluding hydrogens is 366 g/mol. The van der Waals surface area contributed by atoms with Gasteiger partial charge in [-0.15, -0.1) is 0 Å². The normalized spacial score (nSPS) is 10.6. The molecular formula is C21H24ClNO4. The summed E-state index contributed by atoms with van der Waals surface area (Å²) in [4.78, 5) is 24.2. The molecule has 0 aromatic heterocycles. The third kappa shape index (κ3) is 5.23. The summed E-state index contributed by atoms with van der Waals surface area (Å²) < 4.78 is 11.3. The van der Waals surface area contributed by atoms with Gasteiger partial charge in [-0.1, -0.05) is 11.6 Å². The second-order valence-corrected chi connectivity index (χ2v) is 6.83. The molecule has 5 nitrogen and oxygen atoms in total. The summed E-state index contributed by atoms with van der Waals surface area (Å²) in [7, 11) is 0. The van der Waals surface area contributed by atoms with Crippen molar-refractivity contribution in [3.8, 4) is 11.5 Å². The molecule has 0 saturated carbocycles. The highest BCUT2D eigenvalue weighted by Gasteiger charge is 2.18. The first-order chi connectivity index (χ1) is 12.7. The van der Waals surface area contributed by atoms with Crippen LogP contribution >= 0.6 is 11.6 Å². The first-order valence-electron chi connectivity index (χ1n) is 8.78. The van der Waals surface area contributed by atoms with Crippen molar-refractivity contribution in [1.82, 2.24) is 0 Å². The van der Waals surface area contributed by atoms with E-state index in [1.807, 2.05) is 27.7 Å². The Labute approximate surface area is 164 Å². The molecule has 1 N–H and O–H groups in total. The Kier molecular flexibility index (Phi) is 6.86. The van der Waals surface area contributed by atoms with E-state index in [0.29, 0.717) is 39.9 Å². The van der Waals surface area contributed by atoms with Crippen LogP contribution in [0.1, 0.15) is 54.0 Å². The molecule has 2 rings (SSSR count). The average Bonchev–Trinajstić information content (AvgIpc) is 2.57. The predicted octanol–water partition coefficient (Wildman–Crippen LogP) is 5.29. The maximum absolute atomic E-state index is 12.7. The van der Waals surface area contributed by atoms with E-state index in [1.54, 1.807) is 30.3 Å². The van der Waals surface area contributed by atoms with Crippen LogP contribution in [-0.2, 0) is 0 Å². The molecule has 2 aromatic carbocycles. The lowest BCUT2D eigenvalue weighted by atomic mass is 10.0. The quantitative estimate of drug-likeness (QED) is 0.653. The molecule has 0 fully saturated rings. The van der Waals surface area contributed by atoms with Crippen molar-refractivity contribution in [2.24, 2.45) is 0 Å². The number of ether oxygens (including phenoxy) is 2. The van der Waals surface area contributed by atoms with Gasteiger partial charge in [-0.3, -0.25) is 9.59 Å². The molecule has 0 radical (unpaired) electrons. The summed E-state index contributed by atoms with van der Waals surface area (Å²) in [6.07, 6.45) is -0.0795. The van der Waals surface area contributed by atoms with Crippen molar-refractivity contribution >= 4 is 29.0 Å². The molecule has 0 heterocycles. The third-order valence-corrected chi connectivity index (χ3v) is 4.07. The molecule has 6 heteroatoms. The van der Waals surface area contributed by atoms with E-state index in [0.717, 1.165) is 5.56 Å². The standard InChI is InChI=1S/C21H24ClNO4/c1-6-26-19-11-15(10-18(22)20(19)27-12(2)3)21(25)23-16-7-8-17(14(5)24)13(4)9-16/h7-12H,6H2,1-5H3,(H,23,25). The predicted molar refractivity (Wildman–Crippen MR) is 108 cm³/mol. The maximum atomic E-state index is 12.7. The first kappa shape index (κ1) is 20.8. The zero-order chi connectivity index (χ0) is 20.1. The zero-order valence-electron chi connectivity index (χ0n) is 16.2. The highest BCUT2D eigenvalue weighted by Crippen LogP contribution is 2.37. The first-order valence-corrected chi connectivity index (χ1v) is 9.16. The Hall–Kier alpha value is -2.53. The summed E-state index contributed by atoms with van der Waals surface area (Å²) in [5.41, 5.74) is 2.38. The van der Waals surface area contributed by atoms with Crippen LogP contribution in [0.3, 0.4) is 0 Å². The summed E-state index contributed by atoms with van der Waals surface area (Å²) >= 11 is 6.32. The van der Waals surface area contributed by atoms with Crippen LogP contribution in [0.4, 0.5) is 5.69 Å². The molecule has 0 aliphatic carbocycles. The number of halogens is 1. The van der Waals surface area contributed by atoms with Gasteiger partial charge in [-0.2, -0.15) is 0 Å². The summed E-state index contributed by atoms with van der Waals surface area (Å²) in [6, 6.07) is 8.32. The molecule has 0 aliphatic heterocycles. The minimum atomic E-state index is -0.330. The van der Waals surface area contributed by atoms with E-state index in [2.05, 4.69) is 5.32 Å². The summed E-state index contributed by atoms with van der Waals surface area (Å²) in [6.45, 7) is 9.38. The molecule has 0 unspecified atom stereocenters. The van der Waals surface area contributed by atoms with Crippen LogP contribution in [0.25, 0.3) is 0 Å². The Balaban J connectivity index is 2.30. The fraction of sp³-hybridized carbons (Fsp3) is 0.333. The topological polar surface area (TPSA) is 64.6 Å². The van der Waals surface area contributed by atoms with Gasteiger partial charge >= 0.3 is 0 Å². The highest BCUT2D eigenvalue weighted by atomic mass is 35.5. The number of nitrogens with one attached hydrogen (secondary N) is 1. The largest absolute Gasteiger partial charge is 0.490 e. The SMILES string of the molecule is CCOc1cc(C(=O)Nc2ccc(C(C)=O)c(C)c2)cc(Cl)c1OC(C)C. The number of amides is 1. The van der Waals surface area contributed by atoms with Gasteiger partial charge in [0.05, 0.1) is 17.7 Å². The minimum absolute atomic E-state index is 0.0146. The molecule has 0 atom stereocenters. The molecule has 0 bridgehead atoms. The van der Waals surface area contributed by atoms with E-state index in [4.69, 9.17) is 21.1 Å². The number of anilines is 1. The van der Waals surface area contributed by atoms with Crippen LogP contribution in [0, 0.1) is 6.92 Å². The van der Waals surface area contributed by atoms with Crippen molar-refractivity contribution in [2.45, 2.75) is 40.7 Å². The van der Waals surface area contributed by atoms with Gasteiger partial charge in [0.2, 0.25) is 0 Å². The van der Waals surface area contributed by atoms with E-state index in [1.165, 1.54) is 6.92 Å². The van der Waals surface area contributed by atoms with E-state index in [9.17, 15) is 9.59 Å². The molecule has 2 aromatic rings. The van der Waals surface area contributed by atoms with E-state index in [-0.39, 0.29) is 17.8 Å². The number of hydrogen-bond donors (Lipinski definition) is 1. The van der Waals surface area contributed by atoms with Crippen LogP contribution in [0.5, 0.6) is 11.5 Å². The second kappa shape index (κ2) is 8.91. The number of carbonyl (C=O) groups excluding carboxylic acids is 2. The van der Waals surface area contributed by atoms with Crippen LogP contribution in [0.15, 0.2) is 30.3 Å². The van der Waals surface area contributed by atoms with Crippen molar-refractivity contribution in [3.63, 3.8) is 0 Å². The molecule has 0 aliphatic rings. The number of benzene rings is 2. The van der Waals surface area contributed by atoms with Gasteiger partial charge in [-0.05, 0) is 70.5 Å². The van der Waals surface area contributed by atoms with Crippen LogP contribution in [0.2, 0.25) is 5.02 Å². The summed E-state index contributed by atoms with van der Waals surface area (Å²) in [5.74, 6) is 0.502. The van der Waals surface area contributed by atoms with Gasteiger partial charge in [0.15, 0.2) is 17.3 Å². The number of carbonyl (C=O) groups is 2. The van der Waals surface area contributed by atoms with E-state index < -0.39 is 0 Å². The Morgan fingerprint density at radius 2 is 1.89 bits per heavy atom.